The number of halogens is 3. The number of hydrogen-bond acceptors (Lipinski definition) is 6. The standard InChI is InChI=1S/C18H15ClF2N4O2/c19-10-1-2-13(23-7-10)14(26)4-9-3-12(16(21)24-6-9)18(8-20)11-5-15(11)27-17(22)25-18/h1-3,6-7,11,15H,4-5,8H2,(H2,22,25)/t11-,15+,18-/m1/s1. The summed E-state index contributed by atoms with van der Waals surface area (Å²) in [6.07, 6.45) is 2.80. The highest BCUT2D eigenvalue weighted by molar-refractivity contribution is 6.30. The quantitative estimate of drug-likeness (QED) is 0.624. The van der Waals surface area contributed by atoms with Crippen LogP contribution in [0.3, 0.4) is 0 Å². The highest BCUT2D eigenvalue weighted by Crippen LogP contribution is 2.53. The molecule has 0 amide bonds. The number of hydrogen-bond donors (Lipinski definition) is 1. The van der Waals surface area contributed by atoms with Crippen molar-refractivity contribution in [2.45, 2.75) is 24.5 Å². The Morgan fingerprint density at radius 2 is 2.19 bits per heavy atom. The zero-order valence-electron chi connectivity index (χ0n) is 14.0. The minimum atomic E-state index is -1.47. The predicted octanol–water partition coefficient (Wildman–Crippen LogP) is 2.59. The minimum absolute atomic E-state index is 0.0156. The Balaban J connectivity index is 1.66. The Hall–Kier alpha value is -2.61. The summed E-state index contributed by atoms with van der Waals surface area (Å²) in [6.45, 7) is -0.938. The van der Waals surface area contributed by atoms with E-state index in [-0.39, 0.29) is 41.5 Å². The zero-order valence-corrected chi connectivity index (χ0v) is 14.8. The van der Waals surface area contributed by atoms with E-state index in [1.54, 1.807) is 6.07 Å². The van der Waals surface area contributed by atoms with Gasteiger partial charge in [0, 0.05) is 30.3 Å². The van der Waals surface area contributed by atoms with E-state index in [1.165, 1.54) is 24.5 Å². The Morgan fingerprint density at radius 3 is 2.89 bits per heavy atom. The third-order valence-electron chi connectivity index (χ3n) is 4.87. The number of alkyl halides is 1. The Labute approximate surface area is 158 Å². The predicted molar refractivity (Wildman–Crippen MR) is 93.7 cm³/mol. The molecular weight excluding hydrogens is 378 g/mol. The van der Waals surface area contributed by atoms with Crippen molar-refractivity contribution in [1.82, 2.24) is 9.97 Å². The minimum Gasteiger partial charge on any atom is -0.462 e. The average molecular weight is 393 g/mol. The molecule has 0 radical (unpaired) electrons. The molecule has 9 heteroatoms. The first kappa shape index (κ1) is 17.8. The molecule has 2 aromatic rings. The summed E-state index contributed by atoms with van der Waals surface area (Å²) in [5.41, 5.74) is 4.81. The van der Waals surface area contributed by atoms with Gasteiger partial charge in [-0.15, -0.1) is 0 Å². The molecule has 3 atom stereocenters. The van der Waals surface area contributed by atoms with Gasteiger partial charge in [0.2, 0.25) is 5.95 Å². The normalized spacial score (nSPS) is 26.0. The number of carbonyl (C=O) groups is 1. The number of aromatic nitrogens is 2. The molecule has 1 aliphatic carbocycles. The van der Waals surface area contributed by atoms with Crippen molar-refractivity contribution in [2.75, 3.05) is 6.67 Å². The van der Waals surface area contributed by atoms with E-state index in [4.69, 9.17) is 22.1 Å². The molecule has 0 saturated heterocycles. The van der Waals surface area contributed by atoms with Crippen molar-refractivity contribution < 1.29 is 18.3 Å². The number of amidine groups is 1. The molecule has 6 nitrogen and oxygen atoms in total. The van der Waals surface area contributed by atoms with Crippen LogP contribution in [-0.4, -0.2) is 34.6 Å². The second-order valence-electron chi connectivity index (χ2n) is 6.65. The van der Waals surface area contributed by atoms with E-state index < -0.39 is 18.2 Å². The fourth-order valence-electron chi connectivity index (χ4n) is 3.43. The van der Waals surface area contributed by atoms with Crippen LogP contribution in [0.25, 0.3) is 0 Å². The highest BCUT2D eigenvalue weighted by Gasteiger charge is 2.60. The number of rotatable bonds is 5. The lowest BCUT2D eigenvalue weighted by atomic mass is 9.85. The molecule has 1 saturated carbocycles. The molecule has 2 aliphatic rings. The topological polar surface area (TPSA) is 90.5 Å². The maximum absolute atomic E-state index is 14.5. The molecule has 2 N–H and O–H groups in total. The van der Waals surface area contributed by atoms with Gasteiger partial charge < -0.3 is 10.5 Å². The molecule has 140 valence electrons. The van der Waals surface area contributed by atoms with Crippen molar-refractivity contribution in [2.24, 2.45) is 16.6 Å². The Kier molecular flexibility index (Phi) is 4.30. The molecule has 1 aliphatic heterocycles. The van der Waals surface area contributed by atoms with Crippen LogP contribution < -0.4 is 5.73 Å². The van der Waals surface area contributed by atoms with E-state index in [2.05, 4.69) is 15.0 Å². The largest absolute Gasteiger partial charge is 0.462 e. The number of fused-ring (bicyclic) bond motifs is 1. The monoisotopic (exact) mass is 392 g/mol. The fourth-order valence-corrected chi connectivity index (χ4v) is 3.55. The van der Waals surface area contributed by atoms with Gasteiger partial charge in [0.15, 0.2) is 5.78 Å². The number of carbonyl (C=O) groups excluding carboxylic acids is 1. The van der Waals surface area contributed by atoms with Crippen LogP contribution in [0.2, 0.25) is 5.02 Å². The smallest absolute Gasteiger partial charge is 0.283 e. The van der Waals surface area contributed by atoms with Gasteiger partial charge in [-0.2, -0.15) is 4.39 Å². The van der Waals surface area contributed by atoms with Gasteiger partial charge in [0.1, 0.15) is 24.0 Å². The molecule has 1 fully saturated rings. The van der Waals surface area contributed by atoms with Gasteiger partial charge in [-0.25, -0.2) is 14.4 Å². The Morgan fingerprint density at radius 1 is 1.37 bits per heavy atom. The lowest BCUT2D eigenvalue weighted by Crippen LogP contribution is -2.40. The van der Waals surface area contributed by atoms with Gasteiger partial charge in [0.25, 0.3) is 6.02 Å². The molecule has 0 unspecified atom stereocenters. The second kappa shape index (κ2) is 6.53. The molecule has 3 heterocycles. The number of nitrogens with zero attached hydrogens (tertiary/aromatic N) is 3. The SMILES string of the molecule is NC1=N[C@@](CF)(c2cc(CC(=O)c3ccc(Cl)cn3)cnc2F)[C@@H]2C[C@@H]2O1. The van der Waals surface area contributed by atoms with Crippen LogP contribution in [0.1, 0.15) is 28.0 Å². The van der Waals surface area contributed by atoms with E-state index in [9.17, 15) is 13.6 Å². The fraction of sp³-hybridized carbons (Fsp3) is 0.333. The molecular formula is C18H15ClF2N4O2. The summed E-state index contributed by atoms with van der Waals surface area (Å²) in [7, 11) is 0. The molecule has 27 heavy (non-hydrogen) atoms. The molecule has 0 spiro atoms. The second-order valence-corrected chi connectivity index (χ2v) is 7.09. The van der Waals surface area contributed by atoms with Crippen molar-refractivity contribution in [3.63, 3.8) is 0 Å². The van der Waals surface area contributed by atoms with Gasteiger partial charge in [-0.3, -0.25) is 9.78 Å². The van der Waals surface area contributed by atoms with Gasteiger partial charge >= 0.3 is 0 Å². The van der Waals surface area contributed by atoms with Crippen LogP contribution in [0, 0.1) is 11.9 Å². The van der Waals surface area contributed by atoms with Crippen molar-refractivity contribution in [3.05, 3.63) is 58.4 Å². The van der Waals surface area contributed by atoms with Crippen molar-refractivity contribution >= 4 is 23.4 Å². The van der Waals surface area contributed by atoms with E-state index in [0.29, 0.717) is 17.0 Å². The van der Waals surface area contributed by atoms with Gasteiger partial charge in [0.05, 0.1) is 5.02 Å². The molecule has 0 aromatic carbocycles. The maximum atomic E-state index is 14.5. The number of ketones is 1. The summed E-state index contributed by atoms with van der Waals surface area (Å²) >= 11 is 5.77. The summed E-state index contributed by atoms with van der Waals surface area (Å²) in [6, 6.07) is 4.32. The van der Waals surface area contributed by atoms with E-state index in [1.807, 2.05) is 0 Å². The summed E-state index contributed by atoms with van der Waals surface area (Å²) in [5, 5.41) is 0.413. The third-order valence-corrected chi connectivity index (χ3v) is 5.09. The van der Waals surface area contributed by atoms with Gasteiger partial charge in [-0.05, 0) is 30.2 Å². The number of ether oxygens (including phenoxy) is 1. The van der Waals surface area contributed by atoms with Crippen molar-refractivity contribution in [1.29, 1.82) is 0 Å². The van der Waals surface area contributed by atoms with Gasteiger partial charge in [-0.1, -0.05) is 11.6 Å². The van der Waals surface area contributed by atoms with Crippen LogP contribution in [0.5, 0.6) is 0 Å². The number of nitrogens with two attached hydrogens (primary N) is 1. The first-order valence-electron chi connectivity index (χ1n) is 8.30. The summed E-state index contributed by atoms with van der Waals surface area (Å²) in [5.74, 6) is -1.44. The average Bonchev–Trinajstić information content (AvgIpc) is 3.43. The highest BCUT2D eigenvalue weighted by atomic mass is 35.5. The molecule has 4 rings (SSSR count). The van der Waals surface area contributed by atoms with E-state index >= 15 is 0 Å². The number of aliphatic imine (C=N–C) groups is 1. The number of Topliss-reactive ketones (excluding diaryl/α,β-unsaturated/α-hetero) is 1. The summed E-state index contributed by atoms with van der Waals surface area (Å²) < 4.78 is 33.8. The third kappa shape index (κ3) is 3.14. The maximum Gasteiger partial charge on any atom is 0.283 e. The van der Waals surface area contributed by atoms with E-state index in [0.717, 1.165) is 0 Å². The first-order chi connectivity index (χ1) is 12.9. The van der Waals surface area contributed by atoms with Crippen molar-refractivity contribution in [3.8, 4) is 0 Å². The molecule has 0 bridgehead atoms. The Bertz CT molecular complexity index is 937. The zero-order chi connectivity index (χ0) is 19.2. The molecule has 2 aromatic heterocycles. The lowest BCUT2D eigenvalue weighted by molar-refractivity contribution is 0.0988. The first-order valence-corrected chi connectivity index (χ1v) is 8.68. The van der Waals surface area contributed by atoms with Crippen LogP contribution in [0.4, 0.5) is 8.78 Å². The summed E-state index contributed by atoms with van der Waals surface area (Å²) in [4.78, 5) is 24.2. The lowest BCUT2D eigenvalue weighted by Gasteiger charge is -2.31. The van der Waals surface area contributed by atoms with Crippen LogP contribution >= 0.6 is 11.6 Å². The van der Waals surface area contributed by atoms with Crippen LogP contribution in [0.15, 0.2) is 35.6 Å². The number of pyridine rings is 2. The van der Waals surface area contributed by atoms with Crippen LogP contribution in [-0.2, 0) is 16.7 Å².